The van der Waals surface area contributed by atoms with E-state index in [1.54, 1.807) is 0 Å². The number of rotatable bonds is 4. The van der Waals surface area contributed by atoms with Gasteiger partial charge in [-0.25, -0.2) is 15.0 Å². The molecule has 3 N–H and O–H groups in total. The van der Waals surface area contributed by atoms with Gasteiger partial charge in [-0.2, -0.15) is 5.26 Å². The van der Waals surface area contributed by atoms with E-state index in [0.717, 1.165) is 21.3 Å². The second-order valence-corrected chi connectivity index (χ2v) is 5.82. The maximum Gasteiger partial charge on any atom is 0.149 e. The molecule has 0 fully saturated rings. The lowest BCUT2D eigenvalue weighted by Crippen LogP contribution is -2.12. The molecule has 7 nitrogen and oxygen atoms in total. The molecule has 0 saturated carbocycles. The summed E-state index contributed by atoms with van der Waals surface area (Å²) < 4.78 is 3.07. The Morgan fingerprint density at radius 2 is 2.22 bits per heavy atom. The first-order chi connectivity index (χ1) is 11.1. The maximum atomic E-state index is 9.11. The number of benzene rings is 1. The van der Waals surface area contributed by atoms with E-state index in [-0.39, 0.29) is 11.4 Å². The topological polar surface area (TPSA) is 105 Å². The van der Waals surface area contributed by atoms with Gasteiger partial charge < -0.3 is 15.6 Å². The molecule has 0 spiro atoms. The van der Waals surface area contributed by atoms with E-state index in [0.29, 0.717) is 18.8 Å². The van der Waals surface area contributed by atoms with Crippen molar-refractivity contribution in [3.8, 4) is 6.07 Å². The molecule has 0 aliphatic heterocycles. The first-order valence-electron chi connectivity index (χ1n) is 6.96. The number of nitriles is 1. The van der Waals surface area contributed by atoms with Crippen molar-refractivity contribution in [1.82, 2.24) is 19.5 Å². The van der Waals surface area contributed by atoms with Crippen LogP contribution in [-0.2, 0) is 13.5 Å². The van der Waals surface area contributed by atoms with E-state index in [4.69, 9.17) is 11.0 Å². The average Bonchev–Trinajstić information content (AvgIpc) is 2.85. The number of para-hydroxylation sites is 1. The molecule has 0 amide bonds. The van der Waals surface area contributed by atoms with E-state index < -0.39 is 0 Å². The lowest BCUT2D eigenvalue weighted by molar-refractivity contribution is 0.805. The van der Waals surface area contributed by atoms with Crippen LogP contribution in [0.25, 0.3) is 11.0 Å². The zero-order valence-electron chi connectivity index (χ0n) is 12.4. The Bertz CT molecular complexity index is 910. The summed E-state index contributed by atoms with van der Waals surface area (Å²) in [5.74, 6) is 1.57. The van der Waals surface area contributed by atoms with Gasteiger partial charge in [0.05, 0.1) is 11.0 Å². The van der Waals surface area contributed by atoms with Crippen LogP contribution >= 0.6 is 15.9 Å². The molecule has 116 valence electrons. The summed E-state index contributed by atoms with van der Waals surface area (Å²) in [7, 11) is 1.98. The Hall–Kier alpha value is -2.66. The fourth-order valence-electron chi connectivity index (χ4n) is 2.43. The largest absolute Gasteiger partial charge is 0.382 e. The SMILES string of the molecule is Cn1c(CCNc2ncnc(N)c2C#N)nc2cccc(Br)c21. The summed E-state index contributed by atoms with van der Waals surface area (Å²) in [5.41, 5.74) is 7.94. The molecule has 23 heavy (non-hydrogen) atoms. The number of aryl methyl sites for hydroxylation is 1. The van der Waals surface area contributed by atoms with Gasteiger partial charge in [-0.1, -0.05) is 6.07 Å². The van der Waals surface area contributed by atoms with Crippen LogP contribution in [-0.4, -0.2) is 26.1 Å². The van der Waals surface area contributed by atoms with Crippen molar-refractivity contribution in [1.29, 1.82) is 5.26 Å². The Kier molecular flexibility index (Phi) is 4.12. The number of nitrogens with one attached hydrogen (secondary N) is 1. The van der Waals surface area contributed by atoms with Gasteiger partial charge in [-0.3, -0.25) is 0 Å². The number of imidazole rings is 1. The second kappa shape index (κ2) is 6.22. The zero-order valence-corrected chi connectivity index (χ0v) is 14.0. The zero-order chi connectivity index (χ0) is 16.4. The quantitative estimate of drug-likeness (QED) is 0.728. The standard InChI is InChI=1S/C15H14BrN7/c1-23-12(22-11-4-2-3-10(16)13(11)23)5-6-19-15-9(7-17)14(18)20-8-21-15/h2-4,8H,5-6H2,1H3,(H3,18,19,20,21). The Labute approximate surface area is 141 Å². The fourth-order valence-corrected chi connectivity index (χ4v) is 3.05. The van der Waals surface area contributed by atoms with Crippen molar-refractivity contribution < 1.29 is 0 Å². The fraction of sp³-hybridized carbons (Fsp3) is 0.200. The highest BCUT2D eigenvalue weighted by Gasteiger charge is 2.11. The van der Waals surface area contributed by atoms with Crippen LogP contribution in [0.2, 0.25) is 0 Å². The minimum Gasteiger partial charge on any atom is -0.382 e. The van der Waals surface area contributed by atoms with Crippen LogP contribution in [0, 0.1) is 11.3 Å². The van der Waals surface area contributed by atoms with E-state index in [1.807, 2.05) is 31.3 Å². The van der Waals surface area contributed by atoms with Crippen molar-refractivity contribution in [2.24, 2.45) is 7.05 Å². The van der Waals surface area contributed by atoms with Crippen molar-refractivity contribution in [3.63, 3.8) is 0 Å². The summed E-state index contributed by atoms with van der Waals surface area (Å²) >= 11 is 3.55. The van der Waals surface area contributed by atoms with Gasteiger partial charge in [-0.05, 0) is 28.1 Å². The molecule has 3 aromatic rings. The smallest absolute Gasteiger partial charge is 0.149 e. The van der Waals surface area contributed by atoms with Crippen molar-refractivity contribution in [2.75, 3.05) is 17.6 Å². The molecule has 2 heterocycles. The number of fused-ring (bicyclic) bond motifs is 1. The van der Waals surface area contributed by atoms with Crippen LogP contribution in [0.3, 0.4) is 0 Å². The highest BCUT2D eigenvalue weighted by atomic mass is 79.9. The van der Waals surface area contributed by atoms with Crippen molar-refractivity contribution >= 4 is 38.6 Å². The minimum atomic E-state index is 0.177. The predicted octanol–water partition coefficient (Wildman–Crippen LogP) is 2.23. The normalized spacial score (nSPS) is 10.7. The Morgan fingerprint density at radius 3 is 2.96 bits per heavy atom. The summed E-state index contributed by atoms with van der Waals surface area (Å²) in [5, 5.41) is 12.2. The number of anilines is 2. The monoisotopic (exact) mass is 371 g/mol. The molecule has 0 unspecified atom stereocenters. The number of hydrogen-bond acceptors (Lipinski definition) is 6. The molecular formula is C15H14BrN7. The number of nitrogen functional groups attached to an aromatic ring is 1. The molecule has 0 atom stereocenters. The van der Waals surface area contributed by atoms with Crippen molar-refractivity contribution in [3.05, 3.63) is 40.4 Å². The number of aromatic nitrogens is 4. The van der Waals surface area contributed by atoms with Gasteiger partial charge in [0.1, 0.15) is 35.4 Å². The predicted molar refractivity (Wildman–Crippen MR) is 91.8 cm³/mol. The van der Waals surface area contributed by atoms with E-state index in [1.165, 1.54) is 6.33 Å². The third-order valence-corrected chi connectivity index (χ3v) is 4.21. The maximum absolute atomic E-state index is 9.11. The van der Waals surface area contributed by atoms with Crippen LogP contribution in [0.15, 0.2) is 29.0 Å². The first kappa shape index (κ1) is 15.2. The van der Waals surface area contributed by atoms with Crippen LogP contribution in [0.1, 0.15) is 11.4 Å². The molecule has 0 radical (unpaired) electrons. The molecule has 8 heteroatoms. The minimum absolute atomic E-state index is 0.177. The molecule has 0 saturated heterocycles. The van der Waals surface area contributed by atoms with Gasteiger partial charge in [0.15, 0.2) is 0 Å². The number of nitrogens with zero attached hydrogens (tertiary/aromatic N) is 5. The molecule has 0 aliphatic carbocycles. The summed E-state index contributed by atoms with van der Waals surface area (Å²) in [6.07, 6.45) is 2.02. The Morgan fingerprint density at radius 1 is 1.39 bits per heavy atom. The van der Waals surface area contributed by atoms with Gasteiger partial charge in [0, 0.05) is 24.5 Å². The third kappa shape index (κ3) is 2.83. The van der Waals surface area contributed by atoms with Gasteiger partial charge in [0.25, 0.3) is 0 Å². The van der Waals surface area contributed by atoms with Gasteiger partial charge in [-0.15, -0.1) is 0 Å². The molecular weight excluding hydrogens is 358 g/mol. The first-order valence-corrected chi connectivity index (χ1v) is 7.75. The van der Waals surface area contributed by atoms with E-state index >= 15 is 0 Å². The molecule has 0 aliphatic rings. The highest BCUT2D eigenvalue weighted by Crippen LogP contribution is 2.24. The number of halogens is 1. The van der Waals surface area contributed by atoms with Crippen LogP contribution < -0.4 is 11.1 Å². The summed E-state index contributed by atoms with van der Waals surface area (Å²) in [6.45, 7) is 0.583. The lowest BCUT2D eigenvalue weighted by atomic mass is 10.3. The summed E-state index contributed by atoms with van der Waals surface area (Å²) in [6, 6.07) is 7.95. The second-order valence-electron chi connectivity index (χ2n) is 4.97. The van der Waals surface area contributed by atoms with Crippen LogP contribution in [0.5, 0.6) is 0 Å². The Balaban J connectivity index is 1.78. The molecule has 1 aromatic carbocycles. The molecule has 0 bridgehead atoms. The number of hydrogen-bond donors (Lipinski definition) is 2. The van der Waals surface area contributed by atoms with Crippen molar-refractivity contribution in [2.45, 2.75) is 6.42 Å². The molecule has 2 aromatic heterocycles. The highest BCUT2D eigenvalue weighted by molar-refractivity contribution is 9.10. The van der Waals surface area contributed by atoms with Gasteiger partial charge >= 0.3 is 0 Å². The van der Waals surface area contributed by atoms with Gasteiger partial charge in [0.2, 0.25) is 0 Å². The van der Waals surface area contributed by atoms with E-state index in [9.17, 15) is 0 Å². The van der Waals surface area contributed by atoms with E-state index in [2.05, 4.69) is 40.8 Å². The lowest BCUT2D eigenvalue weighted by Gasteiger charge is -2.08. The summed E-state index contributed by atoms with van der Waals surface area (Å²) in [4.78, 5) is 12.5. The average molecular weight is 372 g/mol. The molecule has 3 rings (SSSR count). The van der Waals surface area contributed by atoms with Crippen LogP contribution in [0.4, 0.5) is 11.6 Å². The number of nitrogens with two attached hydrogens (primary N) is 1. The third-order valence-electron chi connectivity index (χ3n) is 3.57.